The number of thioether (sulfide) groups is 1. The highest BCUT2D eigenvalue weighted by Gasteiger charge is 2.14. The van der Waals surface area contributed by atoms with Crippen LogP contribution in [0.2, 0.25) is 0 Å². The summed E-state index contributed by atoms with van der Waals surface area (Å²) in [7, 11) is 0. The summed E-state index contributed by atoms with van der Waals surface area (Å²) < 4.78 is 0. The third-order valence-corrected chi connectivity index (χ3v) is 6.52. The van der Waals surface area contributed by atoms with E-state index in [1.807, 2.05) is 36.0 Å². The first-order valence-corrected chi connectivity index (χ1v) is 11.2. The molecule has 3 rings (SSSR count). The smallest absolute Gasteiger partial charge is 0.159 e. The second-order valence-electron chi connectivity index (χ2n) is 7.54. The van der Waals surface area contributed by atoms with E-state index in [4.69, 9.17) is 0 Å². The number of aryl methyl sites for hydroxylation is 1. The fourth-order valence-corrected chi connectivity index (χ4v) is 4.60. The molecule has 0 aliphatic carbocycles. The summed E-state index contributed by atoms with van der Waals surface area (Å²) in [6.07, 6.45) is 0.959. The third kappa shape index (κ3) is 5.03. The first-order chi connectivity index (χ1) is 14.4. The molecule has 0 saturated heterocycles. The van der Waals surface area contributed by atoms with Gasteiger partial charge >= 0.3 is 0 Å². The summed E-state index contributed by atoms with van der Waals surface area (Å²) in [5.74, 6) is 1.22. The number of carbonyl (C=O) groups excluding carboxylic acids is 1. The highest BCUT2D eigenvalue weighted by atomic mass is 32.2. The van der Waals surface area contributed by atoms with Gasteiger partial charge in [0, 0.05) is 16.2 Å². The molecule has 0 spiro atoms. The molecule has 0 heterocycles. The number of allylic oxidation sites excluding steroid dienone is 1. The van der Waals surface area contributed by atoms with Crippen LogP contribution in [0.4, 0.5) is 0 Å². The van der Waals surface area contributed by atoms with E-state index in [-0.39, 0.29) is 11.5 Å². The highest BCUT2D eigenvalue weighted by molar-refractivity contribution is 7.98. The van der Waals surface area contributed by atoms with E-state index in [0.717, 1.165) is 28.9 Å². The summed E-state index contributed by atoms with van der Waals surface area (Å²) >= 11 is 1.81. The molecule has 0 radical (unpaired) electrons. The number of phenols is 1. The molecule has 154 valence electrons. The SMILES string of the molecule is CC/C(C)=C(\c1ccc(O)cc1)c1ccccc1SCc1ccc(C(C)=O)cc1C. The first-order valence-electron chi connectivity index (χ1n) is 10.2. The Morgan fingerprint density at radius 3 is 2.23 bits per heavy atom. The molecule has 0 amide bonds. The second-order valence-corrected chi connectivity index (χ2v) is 8.56. The second kappa shape index (κ2) is 9.82. The molecule has 1 N–H and O–H groups in total. The summed E-state index contributed by atoms with van der Waals surface area (Å²) in [5, 5.41) is 9.71. The fraction of sp³-hybridized carbons (Fsp3) is 0.222. The topological polar surface area (TPSA) is 37.3 Å². The van der Waals surface area contributed by atoms with Crippen molar-refractivity contribution in [3.63, 3.8) is 0 Å². The Kier molecular flexibility index (Phi) is 7.17. The Bertz CT molecular complexity index is 1080. The van der Waals surface area contributed by atoms with Crippen LogP contribution in [0.25, 0.3) is 5.57 Å². The maximum atomic E-state index is 11.6. The van der Waals surface area contributed by atoms with Gasteiger partial charge in [-0.25, -0.2) is 0 Å². The summed E-state index contributed by atoms with van der Waals surface area (Å²) in [5.41, 5.74) is 8.01. The van der Waals surface area contributed by atoms with Gasteiger partial charge in [-0.1, -0.05) is 55.0 Å². The molecular weight excluding hydrogens is 388 g/mol. The van der Waals surface area contributed by atoms with Gasteiger partial charge in [0.25, 0.3) is 0 Å². The van der Waals surface area contributed by atoms with Crippen LogP contribution < -0.4 is 0 Å². The maximum Gasteiger partial charge on any atom is 0.159 e. The number of aromatic hydroxyl groups is 1. The minimum atomic E-state index is 0.0985. The summed E-state index contributed by atoms with van der Waals surface area (Å²) in [6, 6.07) is 21.9. The Morgan fingerprint density at radius 1 is 0.933 bits per heavy atom. The molecule has 0 aromatic heterocycles. The van der Waals surface area contributed by atoms with Crippen LogP contribution in [0.15, 0.2) is 77.2 Å². The number of carbonyl (C=O) groups is 1. The van der Waals surface area contributed by atoms with Crippen molar-refractivity contribution in [2.24, 2.45) is 0 Å². The quantitative estimate of drug-likeness (QED) is 0.321. The van der Waals surface area contributed by atoms with Gasteiger partial charge in [-0.05, 0) is 79.3 Å². The lowest BCUT2D eigenvalue weighted by Crippen LogP contribution is -1.97. The van der Waals surface area contributed by atoms with Crippen LogP contribution in [0.3, 0.4) is 0 Å². The molecule has 0 aliphatic heterocycles. The highest BCUT2D eigenvalue weighted by Crippen LogP contribution is 2.37. The third-order valence-electron chi connectivity index (χ3n) is 5.40. The van der Waals surface area contributed by atoms with Crippen LogP contribution in [0.5, 0.6) is 5.75 Å². The number of ketones is 1. The van der Waals surface area contributed by atoms with Gasteiger partial charge in [0.2, 0.25) is 0 Å². The van der Waals surface area contributed by atoms with Crippen molar-refractivity contribution in [1.82, 2.24) is 0 Å². The summed E-state index contributed by atoms with van der Waals surface area (Å²) in [6.45, 7) is 8.02. The molecular formula is C27H28O2S. The minimum absolute atomic E-state index is 0.0985. The van der Waals surface area contributed by atoms with Gasteiger partial charge in [-0.2, -0.15) is 0 Å². The monoisotopic (exact) mass is 416 g/mol. The molecule has 0 atom stereocenters. The van der Waals surface area contributed by atoms with E-state index < -0.39 is 0 Å². The van der Waals surface area contributed by atoms with Crippen LogP contribution in [0.1, 0.15) is 59.8 Å². The lowest BCUT2D eigenvalue weighted by atomic mass is 9.92. The van der Waals surface area contributed by atoms with E-state index >= 15 is 0 Å². The van der Waals surface area contributed by atoms with E-state index in [0.29, 0.717) is 0 Å². The number of hydrogen-bond donors (Lipinski definition) is 1. The normalized spacial score (nSPS) is 11.9. The Labute approximate surface area is 183 Å². The van der Waals surface area contributed by atoms with Crippen molar-refractivity contribution in [2.45, 2.75) is 44.8 Å². The van der Waals surface area contributed by atoms with Gasteiger partial charge in [0.15, 0.2) is 5.78 Å². The van der Waals surface area contributed by atoms with Gasteiger partial charge in [0.1, 0.15) is 5.75 Å². The predicted octanol–water partition coefficient (Wildman–Crippen LogP) is 7.43. The standard InChI is InChI=1S/C27H28O2S/c1-5-18(2)27(21-12-14-24(29)15-13-21)25-8-6-7-9-26(25)30-17-23-11-10-22(20(4)28)16-19(23)3/h6-16,29H,5,17H2,1-4H3/b27-18+. The number of benzene rings is 3. The average molecular weight is 417 g/mol. The van der Waals surface area contributed by atoms with Crippen molar-refractivity contribution in [3.8, 4) is 5.75 Å². The predicted molar refractivity (Wildman–Crippen MR) is 127 cm³/mol. The summed E-state index contributed by atoms with van der Waals surface area (Å²) in [4.78, 5) is 12.9. The zero-order valence-electron chi connectivity index (χ0n) is 18.0. The maximum absolute atomic E-state index is 11.6. The lowest BCUT2D eigenvalue weighted by Gasteiger charge is -2.17. The van der Waals surface area contributed by atoms with Crippen LogP contribution in [-0.2, 0) is 5.75 Å². The Morgan fingerprint density at radius 2 is 1.60 bits per heavy atom. The van der Waals surface area contributed by atoms with E-state index in [1.54, 1.807) is 19.1 Å². The molecule has 3 aromatic carbocycles. The van der Waals surface area contributed by atoms with Gasteiger partial charge in [-0.15, -0.1) is 11.8 Å². The Balaban J connectivity index is 1.95. The van der Waals surface area contributed by atoms with Crippen molar-refractivity contribution >= 4 is 23.1 Å². The molecule has 3 heteroatoms. The molecule has 0 saturated carbocycles. The minimum Gasteiger partial charge on any atom is -0.508 e. The van der Waals surface area contributed by atoms with Crippen molar-refractivity contribution in [1.29, 1.82) is 0 Å². The van der Waals surface area contributed by atoms with E-state index in [2.05, 4.69) is 51.1 Å². The van der Waals surface area contributed by atoms with Gasteiger partial charge in [-0.3, -0.25) is 4.79 Å². The number of hydrogen-bond acceptors (Lipinski definition) is 3. The molecule has 0 aliphatic rings. The Hall–Kier alpha value is -2.78. The first kappa shape index (κ1) is 21.9. The average Bonchev–Trinajstić information content (AvgIpc) is 2.75. The van der Waals surface area contributed by atoms with Crippen LogP contribution in [0, 0.1) is 6.92 Å². The van der Waals surface area contributed by atoms with Crippen LogP contribution >= 0.6 is 11.8 Å². The fourth-order valence-electron chi connectivity index (χ4n) is 3.47. The number of phenolic OH excluding ortho intramolecular Hbond substituents is 1. The molecule has 30 heavy (non-hydrogen) atoms. The molecule has 2 nitrogen and oxygen atoms in total. The van der Waals surface area contributed by atoms with Crippen molar-refractivity contribution in [2.75, 3.05) is 0 Å². The molecule has 0 unspecified atom stereocenters. The largest absolute Gasteiger partial charge is 0.508 e. The van der Waals surface area contributed by atoms with E-state index in [1.165, 1.54) is 27.2 Å². The van der Waals surface area contributed by atoms with E-state index in [9.17, 15) is 9.90 Å². The van der Waals surface area contributed by atoms with Gasteiger partial charge in [0.05, 0.1) is 0 Å². The number of Topliss-reactive ketones (excluding diaryl/α,β-unsaturated/α-hetero) is 1. The van der Waals surface area contributed by atoms with Crippen molar-refractivity contribution < 1.29 is 9.90 Å². The molecule has 0 fully saturated rings. The molecule has 0 bridgehead atoms. The zero-order valence-corrected chi connectivity index (χ0v) is 18.8. The zero-order chi connectivity index (χ0) is 21.7. The number of rotatable bonds is 7. The van der Waals surface area contributed by atoms with Crippen molar-refractivity contribution in [3.05, 3.63) is 100 Å². The lowest BCUT2D eigenvalue weighted by molar-refractivity contribution is 0.101. The molecule has 3 aromatic rings. The van der Waals surface area contributed by atoms with Gasteiger partial charge < -0.3 is 5.11 Å². The van der Waals surface area contributed by atoms with Crippen LogP contribution in [-0.4, -0.2) is 10.9 Å².